The van der Waals surface area contributed by atoms with E-state index in [9.17, 15) is 14.4 Å². The van der Waals surface area contributed by atoms with Gasteiger partial charge in [0.1, 0.15) is 18.1 Å². The summed E-state index contributed by atoms with van der Waals surface area (Å²) in [6.07, 6.45) is 13.0. The van der Waals surface area contributed by atoms with Crippen molar-refractivity contribution < 1.29 is 52.2 Å². The molecule has 3 aromatic rings. The Bertz CT molecular complexity index is 1830. The van der Waals surface area contributed by atoms with Crippen molar-refractivity contribution in [3.8, 4) is 11.4 Å². The SMILES string of the molecule is COCCOCCOCCOCCOCCOCCOCCOCCOCCOC(=O)/C=C/c1ccc(-c2nc3c(=O)n(C4CCCCC4)c(=O)n(C4CCCCC4)c3[nH]2)cc1. The van der Waals surface area contributed by atoms with Crippen LogP contribution < -0.4 is 11.2 Å². The first-order chi connectivity index (χ1) is 30.6. The van der Waals surface area contributed by atoms with E-state index in [-0.39, 0.29) is 36.5 Å². The average molecular weight is 873 g/mol. The normalized spacial score (nSPS) is 15.3. The third kappa shape index (κ3) is 17.1. The summed E-state index contributed by atoms with van der Waals surface area (Å²) in [5, 5.41) is 0. The van der Waals surface area contributed by atoms with Crippen molar-refractivity contribution in [3.05, 3.63) is 56.7 Å². The Balaban J connectivity index is 0.877. The zero-order valence-electron chi connectivity index (χ0n) is 36.6. The van der Waals surface area contributed by atoms with E-state index in [0.717, 1.165) is 75.3 Å². The molecule has 0 saturated heterocycles. The minimum Gasteiger partial charge on any atom is -0.460 e. The molecule has 1 aromatic carbocycles. The highest BCUT2D eigenvalue weighted by Gasteiger charge is 2.28. The summed E-state index contributed by atoms with van der Waals surface area (Å²) in [7, 11) is 1.64. The summed E-state index contributed by atoms with van der Waals surface area (Å²) in [6.45, 7) is 8.16. The first-order valence-corrected chi connectivity index (χ1v) is 22.4. The maximum Gasteiger partial charge on any atom is 0.333 e. The number of nitrogens with one attached hydrogen (secondary N) is 1. The highest BCUT2D eigenvalue weighted by Crippen LogP contribution is 2.31. The lowest BCUT2D eigenvalue weighted by Gasteiger charge is -2.28. The second-order valence-electron chi connectivity index (χ2n) is 15.2. The van der Waals surface area contributed by atoms with E-state index >= 15 is 0 Å². The summed E-state index contributed by atoms with van der Waals surface area (Å²) >= 11 is 0. The summed E-state index contributed by atoms with van der Waals surface area (Å²) in [5.74, 6) is 0.0542. The van der Waals surface area contributed by atoms with E-state index in [1.165, 1.54) is 10.6 Å². The van der Waals surface area contributed by atoms with Crippen LogP contribution in [0, 0.1) is 0 Å². The number of carbonyl (C=O) groups is 1. The number of hydrogen-bond acceptors (Lipinski definition) is 14. The lowest BCUT2D eigenvalue weighted by atomic mass is 9.94. The fourth-order valence-corrected chi connectivity index (χ4v) is 7.53. The summed E-state index contributed by atoms with van der Waals surface area (Å²) in [6, 6.07) is 7.45. The molecule has 0 radical (unpaired) electrons. The van der Waals surface area contributed by atoms with Crippen LogP contribution in [0.15, 0.2) is 39.9 Å². The standard InChI is InChI=1S/C45H68N4O13/c1-53-18-19-54-20-21-55-22-23-56-24-25-57-26-27-58-28-29-59-30-31-60-32-33-61-34-35-62-40(50)17-14-36-12-15-37(16-13-36)42-46-41-43(47-42)48(38-8-4-2-5-9-38)45(52)49(44(41)51)39-10-6-3-7-11-39/h12-17,38-39H,2-11,18-35H2,1H3,(H,46,47)/b17-14+. The van der Waals surface area contributed by atoms with Crippen LogP contribution in [0.2, 0.25) is 0 Å². The number of nitrogens with zero attached hydrogens (tertiary/aromatic N) is 3. The molecule has 2 aromatic heterocycles. The zero-order valence-corrected chi connectivity index (χ0v) is 36.6. The van der Waals surface area contributed by atoms with Crippen LogP contribution in [-0.2, 0) is 52.2 Å². The molecule has 17 heteroatoms. The zero-order chi connectivity index (χ0) is 43.5. The van der Waals surface area contributed by atoms with Crippen molar-refractivity contribution in [1.29, 1.82) is 0 Å². The van der Waals surface area contributed by atoms with Crippen LogP contribution >= 0.6 is 0 Å². The van der Waals surface area contributed by atoms with Crippen LogP contribution in [0.4, 0.5) is 0 Å². The molecule has 5 rings (SSSR count). The van der Waals surface area contributed by atoms with Gasteiger partial charge in [0.2, 0.25) is 0 Å². The summed E-state index contributed by atoms with van der Waals surface area (Å²) in [4.78, 5) is 48.2. The maximum absolute atomic E-state index is 14.0. The van der Waals surface area contributed by atoms with Crippen molar-refractivity contribution in [2.45, 2.75) is 76.3 Å². The molecule has 0 spiro atoms. The largest absolute Gasteiger partial charge is 0.460 e. The number of methoxy groups -OCH3 is 1. The van der Waals surface area contributed by atoms with Crippen molar-refractivity contribution in [1.82, 2.24) is 19.1 Å². The Labute approximate surface area is 364 Å². The van der Waals surface area contributed by atoms with Crippen LogP contribution in [0.3, 0.4) is 0 Å². The van der Waals surface area contributed by atoms with Crippen molar-refractivity contribution >= 4 is 23.2 Å². The van der Waals surface area contributed by atoms with Gasteiger partial charge in [-0.25, -0.2) is 14.6 Å². The van der Waals surface area contributed by atoms with E-state index in [4.69, 9.17) is 52.4 Å². The highest BCUT2D eigenvalue weighted by atomic mass is 16.6. The van der Waals surface area contributed by atoms with Gasteiger partial charge in [-0.15, -0.1) is 0 Å². The number of benzene rings is 1. The van der Waals surface area contributed by atoms with Gasteiger partial charge in [0.25, 0.3) is 5.56 Å². The molecule has 2 fully saturated rings. The van der Waals surface area contributed by atoms with E-state index in [0.29, 0.717) is 123 Å². The van der Waals surface area contributed by atoms with E-state index in [2.05, 4.69) is 4.98 Å². The molecule has 0 atom stereocenters. The van der Waals surface area contributed by atoms with Crippen LogP contribution in [-0.4, -0.2) is 151 Å². The average Bonchev–Trinajstić information content (AvgIpc) is 3.74. The Morgan fingerprint density at radius 2 is 1.02 bits per heavy atom. The van der Waals surface area contributed by atoms with Gasteiger partial charge >= 0.3 is 11.7 Å². The second-order valence-corrected chi connectivity index (χ2v) is 15.2. The minimum atomic E-state index is -0.478. The molecule has 1 N–H and O–H groups in total. The predicted octanol–water partition coefficient (Wildman–Crippen LogP) is 4.90. The van der Waals surface area contributed by atoms with Crippen LogP contribution in [0.1, 0.15) is 81.9 Å². The van der Waals surface area contributed by atoms with Crippen molar-refractivity contribution in [2.24, 2.45) is 0 Å². The van der Waals surface area contributed by atoms with Gasteiger partial charge in [0, 0.05) is 30.8 Å². The number of aromatic amines is 1. The Morgan fingerprint density at radius 3 is 1.47 bits per heavy atom. The smallest absolute Gasteiger partial charge is 0.333 e. The third-order valence-electron chi connectivity index (χ3n) is 10.7. The number of fused-ring (bicyclic) bond motifs is 1. The lowest BCUT2D eigenvalue weighted by molar-refractivity contribution is -0.139. The number of ether oxygens (including phenoxy) is 10. The van der Waals surface area contributed by atoms with Crippen molar-refractivity contribution in [3.63, 3.8) is 0 Å². The quantitative estimate of drug-likeness (QED) is 0.0508. The Kier molecular flexibility index (Phi) is 23.5. The topological polar surface area (TPSA) is 182 Å². The molecule has 17 nitrogen and oxygen atoms in total. The molecule has 0 unspecified atom stereocenters. The number of aromatic nitrogens is 4. The molecular formula is C45H68N4O13. The predicted molar refractivity (Wildman–Crippen MR) is 233 cm³/mol. The lowest BCUT2D eigenvalue weighted by Crippen LogP contribution is -2.44. The molecular weight excluding hydrogens is 805 g/mol. The monoisotopic (exact) mass is 872 g/mol. The molecule has 0 amide bonds. The molecule has 2 saturated carbocycles. The Morgan fingerprint density at radius 1 is 0.597 bits per heavy atom. The fourth-order valence-electron chi connectivity index (χ4n) is 7.53. The molecule has 346 valence electrons. The van der Waals surface area contributed by atoms with Gasteiger partial charge in [-0.1, -0.05) is 62.8 Å². The number of imidazole rings is 1. The number of rotatable bonds is 32. The van der Waals surface area contributed by atoms with Gasteiger partial charge in [0.05, 0.1) is 112 Å². The molecule has 2 aliphatic rings. The second kappa shape index (κ2) is 29.6. The van der Waals surface area contributed by atoms with E-state index in [1.54, 1.807) is 13.2 Å². The summed E-state index contributed by atoms with van der Waals surface area (Å²) in [5.41, 5.74) is 1.87. The van der Waals surface area contributed by atoms with Gasteiger partial charge < -0.3 is 52.4 Å². The number of carbonyl (C=O) groups excluding carboxylic acids is 1. The van der Waals surface area contributed by atoms with Crippen LogP contribution in [0.5, 0.6) is 0 Å². The van der Waals surface area contributed by atoms with Crippen molar-refractivity contribution in [2.75, 3.05) is 126 Å². The molecule has 0 bridgehead atoms. The molecule has 62 heavy (non-hydrogen) atoms. The maximum atomic E-state index is 14.0. The van der Waals surface area contributed by atoms with E-state index < -0.39 is 5.97 Å². The van der Waals surface area contributed by atoms with Gasteiger partial charge in [-0.2, -0.15) is 0 Å². The molecule has 2 aliphatic carbocycles. The number of H-pyrrole nitrogens is 1. The first-order valence-electron chi connectivity index (χ1n) is 22.4. The van der Waals surface area contributed by atoms with Gasteiger partial charge in [0.15, 0.2) is 5.52 Å². The van der Waals surface area contributed by atoms with Crippen LogP contribution in [0.25, 0.3) is 28.6 Å². The minimum absolute atomic E-state index is 0.0422. The number of hydrogen-bond donors (Lipinski definition) is 1. The summed E-state index contributed by atoms with van der Waals surface area (Å²) < 4.78 is 57.1. The number of esters is 1. The molecule has 2 heterocycles. The third-order valence-corrected chi connectivity index (χ3v) is 10.7. The fraction of sp³-hybridized carbons (Fsp3) is 0.689. The van der Waals surface area contributed by atoms with E-state index in [1.807, 2.05) is 28.8 Å². The first kappa shape index (κ1) is 49.2. The Hall–Kier alpha value is -3.78. The van der Waals surface area contributed by atoms with Gasteiger partial charge in [-0.05, 0) is 37.3 Å². The molecule has 0 aliphatic heterocycles. The van der Waals surface area contributed by atoms with Gasteiger partial charge in [-0.3, -0.25) is 13.9 Å². The highest BCUT2D eigenvalue weighted by molar-refractivity contribution is 5.87.